The average molecular weight is 358 g/mol. The first kappa shape index (κ1) is 17.4. The molecule has 0 N–H and O–H groups in total. The van der Waals surface area contributed by atoms with Crippen LogP contribution in [0.4, 0.5) is 0 Å². The van der Waals surface area contributed by atoms with E-state index >= 15 is 0 Å². The Morgan fingerprint density at radius 3 is 2.40 bits per heavy atom. The maximum Gasteiger partial charge on any atom is 0.272 e. The van der Waals surface area contributed by atoms with Gasteiger partial charge < -0.3 is 9.80 Å². The minimum absolute atomic E-state index is 0.0763. The first-order chi connectivity index (χ1) is 12.1. The molecule has 1 aromatic heterocycles. The molecule has 25 heavy (non-hydrogen) atoms. The van der Waals surface area contributed by atoms with Crippen LogP contribution in [0.2, 0.25) is 5.02 Å². The molecule has 0 aliphatic carbocycles. The lowest BCUT2D eigenvalue weighted by Gasteiger charge is -2.22. The smallest absolute Gasteiger partial charge is 0.272 e. The summed E-state index contributed by atoms with van der Waals surface area (Å²) in [5.74, 6) is 0.00191. The molecule has 1 aliphatic heterocycles. The van der Waals surface area contributed by atoms with Gasteiger partial charge in [0.2, 0.25) is 5.91 Å². The van der Waals surface area contributed by atoms with Crippen molar-refractivity contribution in [2.75, 3.05) is 26.2 Å². The van der Waals surface area contributed by atoms with Crippen molar-refractivity contribution in [3.8, 4) is 0 Å². The van der Waals surface area contributed by atoms with Crippen molar-refractivity contribution < 1.29 is 9.59 Å². The van der Waals surface area contributed by atoms with Crippen molar-refractivity contribution in [3.05, 3.63) is 64.9 Å². The van der Waals surface area contributed by atoms with Gasteiger partial charge in [0.15, 0.2) is 0 Å². The maximum atomic E-state index is 12.5. The Kier molecular flexibility index (Phi) is 5.66. The van der Waals surface area contributed by atoms with Gasteiger partial charge in [-0.25, -0.2) is 0 Å². The Labute approximate surface area is 152 Å². The van der Waals surface area contributed by atoms with Gasteiger partial charge in [-0.1, -0.05) is 29.8 Å². The third-order valence-corrected chi connectivity index (χ3v) is 4.54. The first-order valence-corrected chi connectivity index (χ1v) is 8.74. The third kappa shape index (κ3) is 4.57. The summed E-state index contributed by atoms with van der Waals surface area (Å²) in [5.41, 5.74) is 1.39. The summed E-state index contributed by atoms with van der Waals surface area (Å²) < 4.78 is 0. The lowest BCUT2D eigenvalue weighted by molar-refractivity contribution is -0.130. The summed E-state index contributed by atoms with van der Waals surface area (Å²) in [5, 5.41) is 0.662. The molecule has 1 fully saturated rings. The van der Waals surface area contributed by atoms with Crippen LogP contribution in [0, 0.1) is 0 Å². The van der Waals surface area contributed by atoms with Crippen molar-refractivity contribution in [2.45, 2.75) is 12.8 Å². The van der Waals surface area contributed by atoms with E-state index in [4.69, 9.17) is 11.6 Å². The van der Waals surface area contributed by atoms with Crippen LogP contribution < -0.4 is 0 Å². The van der Waals surface area contributed by atoms with Crippen LogP contribution in [-0.4, -0.2) is 52.8 Å². The van der Waals surface area contributed by atoms with Gasteiger partial charge in [0.05, 0.1) is 6.42 Å². The zero-order chi connectivity index (χ0) is 17.6. The molecule has 0 bridgehead atoms. The minimum Gasteiger partial charge on any atom is -0.341 e. The Morgan fingerprint density at radius 2 is 1.68 bits per heavy atom. The lowest BCUT2D eigenvalue weighted by Crippen LogP contribution is -2.38. The van der Waals surface area contributed by atoms with E-state index in [9.17, 15) is 9.59 Å². The highest BCUT2D eigenvalue weighted by molar-refractivity contribution is 6.30. The number of rotatable bonds is 3. The summed E-state index contributed by atoms with van der Waals surface area (Å²) in [7, 11) is 0. The molecule has 1 saturated heterocycles. The maximum absolute atomic E-state index is 12.5. The SMILES string of the molecule is O=C(Cc1ccc(Cl)cc1)N1CCCN(C(=O)c2ccccn2)CC1. The number of carbonyl (C=O) groups excluding carboxylic acids is 2. The second-order valence-corrected chi connectivity index (χ2v) is 6.48. The molecule has 6 heteroatoms. The topological polar surface area (TPSA) is 53.5 Å². The first-order valence-electron chi connectivity index (χ1n) is 8.36. The molecular weight excluding hydrogens is 338 g/mol. The molecule has 0 unspecified atom stereocenters. The van der Waals surface area contributed by atoms with Gasteiger partial charge in [0.1, 0.15) is 5.69 Å². The number of hydrogen-bond donors (Lipinski definition) is 0. The zero-order valence-corrected chi connectivity index (χ0v) is 14.7. The Morgan fingerprint density at radius 1 is 0.960 bits per heavy atom. The number of amides is 2. The number of nitrogens with zero attached hydrogens (tertiary/aromatic N) is 3. The fourth-order valence-corrected chi connectivity index (χ4v) is 3.04. The molecule has 3 rings (SSSR count). The predicted octanol–water partition coefficient (Wildman–Crippen LogP) is 2.65. The van der Waals surface area contributed by atoms with Crippen LogP contribution in [0.15, 0.2) is 48.7 Å². The normalized spacial score (nSPS) is 14.9. The summed E-state index contributed by atoms with van der Waals surface area (Å²) >= 11 is 5.88. The Balaban J connectivity index is 1.58. The second kappa shape index (κ2) is 8.12. The molecule has 0 radical (unpaired) electrons. The van der Waals surface area contributed by atoms with Crippen LogP contribution in [-0.2, 0) is 11.2 Å². The molecule has 1 aromatic carbocycles. The predicted molar refractivity (Wildman–Crippen MR) is 96.5 cm³/mol. The molecule has 5 nitrogen and oxygen atoms in total. The van der Waals surface area contributed by atoms with Gasteiger partial charge in [0.25, 0.3) is 5.91 Å². The van der Waals surface area contributed by atoms with Crippen molar-refractivity contribution in [2.24, 2.45) is 0 Å². The zero-order valence-electron chi connectivity index (χ0n) is 13.9. The molecule has 0 saturated carbocycles. The van der Waals surface area contributed by atoms with Crippen LogP contribution in [0.1, 0.15) is 22.5 Å². The molecule has 1 aliphatic rings. The van der Waals surface area contributed by atoms with E-state index in [-0.39, 0.29) is 11.8 Å². The molecule has 130 valence electrons. The summed E-state index contributed by atoms with van der Waals surface area (Å²) in [6.45, 7) is 2.38. The number of carbonyl (C=O) groups is 2. The van der Waals surface area contributed by atoms with Crippen molar-refractivity contribution in [1.82, 2.24) is 14.8 Å². The lowest BCUT2D eigenvalue weighted by atomic mass is 10.1. The van der Waals surface area contributed by atoms with Gasteiger partial charge >= 0.3 is 0 Å². The van der Waals surface area contributed by atoms with Crippen molar-refractivity contribution in [3.63, 3.8) is 0 Å². The molecule has 0 spiro atoms. The fourth-order valence-electron chi connectivity index (χ4n) is 2.91. The number of pyridine rings is 1. The highest BCUT2D eigenvalue weighted by atomic mass is 35.5. The van der Waals surface area contributed by atoms with Crippen LogP contribution in [0.3, 0.4) is 0 Å². The quantitative estimate of drug-likeness (QED) is 0.848. The van der Waals surface area contributed by atoms with E-state index in [0.717, 1.165) is 12.0 Å². The molecule has 0 atom stereocenters. The average Bonchev–Trinajstić information content (AvgIpc) is 2.90. The van der Waals surface area contributed by atoms with E-state index in [1.807, 2.05) is 17.0 Å². The van der Waals surface area contributed by atoms with E-state index < -0.39 is 0 Å². The largest absolute Gasteiger partial charge is 0.341 e. The van der Waals surface area contributed by atoms with E-state index in [2.05, 4.69) is 4.98 Å². The van der Waals surface area contributed by atoms with Gasteiger partial charge in [-0.2, -0.15) is 0 Å². The summed E-state index contributed by atoms with van der Waals surface area (Å²) in [6.07, 6.45) is 2.74. The van der Waals surface area contributed by atoms with Crippen molar-refractivity contribution >= 4 is 23.4 Å². The fraction of sp³-hybridized carbons (Fsp3) is 0.316. The van der Waals surface area contributed by atoms with Gasteiger partial charge in [0, 0.05) is 37.4 Å². The van der Waals surface area contributed by atoms with Gasteiger partial charge in [-0.15, -0.1) is 0 Å². The number of benzene rings is 1. The van der Waals surface area contributed by atoms with E-state index in [1.54, 1.807) is 41.4 Å². The van der Waals surface area contributed by atoms with Crippen LogP contribution in [0.25, 0.3) is 0 Å². The van der Waals surface area contributed by atoms with E-state index in [1.165, 1.54) is 0 Å². The Hall–Kier alpha value is -2.40. The highest BCUT2D eigenvalue weighted by Gasteiger charge is 2.23. The van der Waals surface area contributed by atoms with Crippen molar-refractivity contribution in [1.29, 1.82) is 0 Å². The highest BCUT2D eigenvalue weighted by Crippen LogP contribution is 2.13. The monoisotopic (exact) mass is 357 g/mol. The molecule has 2 heterocycles. The number of hydrogen-bond acceptors (Lipinski definition) is 3. The molecular formula is C19H20ClN3O2. The minimum atomic E-state index is -0.0763. The van der Waals surface area contributed by atoms with Crippen LogP contribution >= 0.6 is 11.6 Å². The number of halogens is 1. The Bertz CT molecular complexity index is 734. The van der Waals surface area contributed by atoms with E-state index in [0.29, 0.717) is 43.3 Å². The molecule has 2 aromatic rings. The van der Waals surface area contributed by atoms with Gasteiger partial charge in [-0.3, -0.25) is 14.6 Å². The standard InChI is InChI=1S/C19H20ClN3O2/c20-16-7-5-15(6-8-16)14-18(24)22-10-3-11-23(13-12-22)19(25)17-4-1-2-9-21-17/h1-2,4-9H,3,10-14H2. The summed E-state index contributed by atoms with van der Waals surface area (Å²) in [6, 6.07) is 12.6. The third-order valence-electron chi connectivity index (χ3n) is 4.29. The summed E-state index contributed by atoms with van der Waals surface area (Å²) in [4.78, 5) is 32.8. The number of aromatic nitrogens is 1. The molecule has 2 amide bonds. The van der Waals surface area contributed by atoms with Gasteiger partial charge in [-0.05, 0) is 36.2 Å². The second-order valence-electron chi connectivity index (χ2n) is 6.04. The van der Waals surface area contributed by atoms with Crippen LogP contribution in [0.5, 0.6) is 0 Å².